The van der Waals surface area contributed by atoms with E-state index in [1.807, 2.05) is 0 Å². The van der Waals surface area contributed by atoms with E-state index in [-0.39, 0.29) is 23.2 Å². The van der Waals surface area contributed by atoms with Gasteiger partial charge in [0.25, 0.3) is 5.56 Å². The zero-order valence-corrected chi connectivity index (χ0v) is 11.0. The van der Waals surface area contributed by atoms with E-state index < -0.39 is 0 Å². The molecule has 0 fully saturated rings. The molecule has 2 rings (SSSR count). The fourth-order valence-corrected chi connectivity index (χ4v) is 2.58. The summed E-state index contributed by atoms with van der Waals surface area (Å²) >= 11 is 1.19. The third kappa shape index (κ3) is 3.33. The van der Waals surface area contributed by atoms with Crippen molar-refractivity contribution in [2.45, 2.75) is 23.0 Å². The van der Waals surface area contributed by atoms with E-state index in [4.69, 9.17) is 11.5 Å². The molecule has 0 saturated carbocycles. The summed E-state index contributed by atoms with van der Waals surface area (Å²) in [5, 5.41) is 0.346. The molecule has 0 aliphatic rings. The Morgan fingerprint density at radius 1 is 1.42 bits per heavy atom. The molecular weight excluding hydrogens is 267 g/mol. The van der Waals surface area contributed by atoms with E-state index in [0.717, 1.165) is 4.90 Å². The number of nitrogens with two attached hydrogens (primary N) is 2. The number of anilines is 1. The van der Waals surface area contributed by atoms with Gasteiger partial charge in [0.2, 0.25) is 0 Å². The van der Waals surface area contributed by atoms with Crippen LogP contribution in [0.2, 0.25) is 0 Å². The van der Waals surface area contributed by atoms with Crippen LogP contribution in [0.4, 0.5) is 10.2 Å². The second-order valence-corrected chi connectivity index (χ2v) is 5.08. The van der Waals surface area contributed by atoms with Gasteiger partial charge < -0.3 is 16.5 Å². The van der Waals surface area contributed by atoms with Crippen molar-refractivity contribution in [2.75, 3.05) is 5.73 Å². The Morgan fingerprint density at radius 3 is 2.79 bits per heavy atom. The molecule has 1 atom stereocenters. The summed E-state index contributed by atoms with van der Waals surface area (Å²) < 4.78 is 13.2. The minimum atomic E-state index is -0.356. The number of nitrogens with one attached hydrogen (secondary N) is 1. The molecule has 1 heterocycles. The highest BCUT2D eigenvalue weighted by Crippen LogP contribution is 2.31. The average Bonchev–Trinajstić information content (AvgIpc) is 2.30. The van der Waals surface area contributed by atoms with Gasteiger partial charge in [-0.05, 0) is 30.7 Å². The van der Waals surface area contributed by atoms with E-state index in [9.17, 15) is 9.18 Å². The number of benzene rings is 1. The fraction of sp³-hybridized carbons (Fsp3) is 0.167. The topological polar surface area (TPSA) is 97.8 Å². The summed E-state index contributed by atoms with van der Waals surface area (Å²) in [6, 6.07) is 5.17. The van der Waals surface area contributed by atoms with Crippen molar-refractivity contribution in [2.24, 2.45) is 5.73 Å². The first kappa shape index (κ1) is 13.6. The van der Waals surface area contributed by atoms with Crippen molar-refractivity contribution >= 4 is 17.6 Å². The molecule has 1 unspecified atom stereocenters. The predicted octanol–water partition coefficient (Wildman–Crippen LogP) is 1.66. The number of H-pyrrole nitrogens is 1. The van der Waals surface area contributed by atoms with Crippen molar-refractivity contribution < 1.29 is 4.39 Å². The van der Waals surface area contributed by atoms with Crippen LogP contribution in [0.5, 0.6) is 0 Å². The Morgan fingerprint density at radius 2 is 2.16 bits per heavy atom. The van der Waals surface area contributed by atoms with Crippen molar-refractivity contribution in [1.82, 2.24) is 9.97 Å². The maximum atomic E-state index is 13.2. The van der Waals surface area contributed by atoms with E-state index in [1.54, 1.807) is 13.0 Å². The predicted molar refractivity (Wildman–Crippen MR) is 72.4 cm³/mol. The highest BCUT2D eigenvalue weighted by Gasteiger charge is 2.11. The number of hydrogen-bond donors (Lipinski definition) is 3. The van der Waals surface area contributed by atoms with Gasteiger partial charge in [-0.1, -0.05) is 11.8 Å². The summed E-state index contributed by atoms with van der Waals surface area (Å²) in [5.41, 5.74) is 11.6. The Hall–Kier alpha value is -1.86. The van der Waals surface area contributed by atoms with E-state index in [0.29, 0.717) is 10.7 Å². The molecule has 19 heavy (non-hydrogen) atoms. The molecule has 7 heteroatoms. The molecule has 0 amide bonds. The fourth-order valence-electron chi connectivity index (χ4n) is 1.57. The molecule has 0 radical (unpaired) electrons. The van der Waals surface area contributed by atoms with Crippen LogP contribution < -0.4 is 17.0 Å². The first-order valence-corrected chi connectivity index (χ1v) is 6.37. The standard InChI is InChI=1S/C12H13FN4OS/c1-6(14)8-4-7(13)2-3-9(8)19-12-16-10(15)5-11(18)17-12/h2-6H,14H2,1H3,(H3,15,16,17,18). The number of nitrogen functional groups attached to an aromatic ring is 1. The molecule has 1 aromatic heterocycles. The Bertz CT molecular complexity index is 656. The number of aromatic amines is 1. The first-order valence-electron chi connectivity index (χ1n) is 5.55. The summed E-state index contributed by atoms with van der Waals surface area (Å²) in [4.78, 5) is 18.6. The molecule has 0 bridgehead atoms. The molecule has 1 aromatic carbocycles. The molecule has 0 spiro atoms. The van der Waals surface area contributed by atoms with Gasteiger partial charge in [0.15, 0.2) is 5.16 Å². The lowest BCUT2D eigenvalue weighted by atomic mass is 10.1. The Balaban J connectivity index is 2.40. The Kier molecular flexibility index (Phi) is 3.87. The second-order valence-electron chi connectivity index (χ2n) is 4.05. The molecule has 100 valence electrons. The average molecular weight is 280 g/mol. The monoisotopic (exact) mass is 280 g/mol. The SMILES string of the molecule is CC(N)c1cc(F)ccc1Sc1nc(N)cc(=O)[nH]1. The zero-order valence-electron chi connectivity index (χ0n) is 10.2. The lowest BCUT2D eigenvalue weighted by molar-refractivity contribution is 0.619. The molecule has 0 saturated heterocycles. The van der Waals surface area contributed by atoms with Crippen LogP contribution in [-0.2, 0) is 0 Å². The quantitative estimate of drug-likeness (QED) is 0.743. The van der Waals surface area contributed by atoms with E-state index in [2.05, 4.69) is 9.97 Å². The normalized spacial score (nSPS) is 12.4. The first-order chi connectivity index (χ1) is 8.95. The van der Waals surface area contributed by atoms with Crippen molar-refractivity contribution in [3.05, 3.63) is 46.0 Å². The smallest absolute Gasteiger partial charge is 0.253 e. The molecule has 2 aromatic rings. The maximum absolute atomic E-state index is 13.2. The largest absolute Gasteiger partial charge is 0.383 e. The van der Waals surface area contributed by atoms with Gasteiger partial charge in [-0.25, -0.2) is 9.37 Å². The maximum Gasteiger partial charge on any atom is 0.253 e. The lowest BCUT2D eigenvalue weighted by Crippen LogP contribution is -2.10. The van der Waals surface area contributed by atoms with Crippen LogP contribution in [0.1, 0.15) is 18.5 Å². The summed E-state index contributed by atoms with van der Waals surface area (Å²) in [6.07, 6.45) is 0. The molecule has 0 aliphatic carbocycles. The van der Waals surface area contributed by atoms with Gasteiger partial charge in [0.05, 0.1) is 0 Å². The molecule has 0 aliphatic heterocycles. The molecule has 5 nitrogen and oxygen atoms in total. The Labute approximate surface area is 113 Å². The highest BCUT2D eigenvalue weighted by molar-refractivity contribution is 7.99. The van der Waals surface area contributed by atoms with Gasteiger partial charge in [-0.15, -0.1) is 0 Å². The van der Waals surface area contributed by atoms with Gasteiger partial charge in [0, 0.05) is 17.0 Å². The number of aromatic nitrogens is 2. The molecule has 5 N–H and O–H groups in total. The van der Waals surface area contributed by atoms with Crippen molar-refractivity contribution in [3.63, 3.8) is 0 Å². The summed E-state index contributed by atoms with van der Waals surface area (Å²) in [5.74, 6) is -0.221. The van der Waals surface area contributed by atoms with Crippen LogP contribution in [0.15, 0.2) is 39.1 Å². The number of hydrogen-bond acceptors (Lipinski definition) is 5. The minimum Gasteiger partial charge on any atom is -0.383 e. The minimum absolute atomic E-state index is 0.135. The number of halogens is 1. The third-order valence-corrected chi connectivity index (χ3v) is 3.39. The van der Waals surface area contributed by atoms with Crippen LogP contribution in [0.3, 0.4) is 0 Å². The van der Waals surface area contributed by atoms with E-state index >= 15 is 0 Å². The summed E-state index contributed by atoms with van der Waals surface area (Å²) in [7, 11) is 0. The van der Waals surface area contributed by atoms with Crippen molar-refractivity contribution in [3.8, 4) is 0 Å². The van der Waals surface area contributed by atoms with Crippen LogP contribution in [0, 0.1) is 5.82 Å². The number of nitrogens with zero attached hydrogens (tertiary/aromatic N) is 1. The van der Waals surface area contributed by atoms with Gasteiger partial charge in [-0.3, -0.25) is 4.79 Å². The lowest BCUT2D eigenvalue weighted by Gasteiger charge is -2.11. The summed E-state index contributed by atoms with van der Waals surface area (Å²) in [6.45, 7) is 1.76. The second kappa shape index (κ2) is 5.41. The van der Waals surface area contributed by atoms with E-state index in [1.165, 1.54) is 30.0 Å². The zero-order chi connectivity index (χ0) is 14.0. The van der Waals surface area contributed by atoms with Gasteiger partial charge >= 0.3 is 0 Å². The van der Waals surface area contributed by atoms with Gasteiger partial charge in [0.1, 0.15) is 11.6 Å². The van der Waals surface area contributed by atoms with Crippen LogP contribution in [0.25, 0.3) is 0 Å². The van der Waals surface area contributed by atoms with Crippen molar-refractivity contribution in [1.29, 1.82) is 0 Å². The number of rotatable bonds is 3. The third-order valence-electron chi connectivity index (χ3n) is 2.41. The highest BCUT2D eigenvalue weighted by atomic mass is 32.2. The van der Waals surface area contributed by atoms with Gasteiger partial charge in [-0.2, -0.15) is 0 Å². The molecular formula is C12H13FN4OS. The van der Waals surface area contributed by atoms with Crippen LogP contribution >= 0.6 is 11.8 Å². The van der Waals surface area contributed by atoms with Crippen LogP contribution in [-0.4, -0.2) is 9.97 Å².